The SMILES string of the molecule is Cc1ccc2c(c1)nc(CNc1nc(N3CCNCC3)nc3c(Br)cnn13)n2C(C)C. The van der Waals surface area contributed by atoms with Crippen molar-refractivity contribution in [2.45, 2.75) is 33.4 Å². The standard InChI is InChI=1S/C21H26BrN9/c1-13(2)30-17-5-4-14(3)10-16(17)26-18(30)12-24-20-28-21(29-8-6-23-7-9-29)27-19-15(22)11-25-31(19)20/h4-5,10-11,13,23H,6-9,12H2,1-3H3,(H,24,27,28). The molecule has 1 saturated heterocycles. The molecule has 5 rings (SSSR count). The van der Waals surface area contributed by atoms with Gasteiger partial charge in [0.1, 0.15) is 5.82 Å². The third kappa shape index (κ3) is 3.74. The molecule has 1 aliphatic heterocycles. The molecule has 2 N–H and O–H groups in total. The van der Waals surface area contributed by atoms with E-state index in [1.165, 1.54) is 5.56 Å². The first-order valence-corrected chi connectivity index (χ1v) is 11.4. The topological polar surface area (TPSA) is 88.2 Å². The highest BCUT2D eigenvalue weighted by molar-refractivity contribution is 9.10. The number of anilines is 2. The number of imidazole rings is 1. The van der Waals surface area contributed by atoms with Gasteiger partial charge in [0.05, 0.1) is 28.2 Å². The Labute approximate surface area is 189 Å². The van der Waals surface area contributed by atoms with Crippen LogP contribution in [-0.2, 0) is 6.54 Å². The van der Waals surface area contributed by atoms with Crippen LogP contribution in [0.1, 0.15) is 31.3 Å². The van der Waals surface area contributed by atoms with Crippen LogP contribution in [0, 0.1) is 6.92 Å². The molecule has 1 aliphatic rings. The number of nitrogens with zero attached hydrogens (tertiary/aromatic N) is 7. The van der Waals surface area contributed by atoms with Crippen molar-refractivity contribution in [2.24, 2.45) is 0 Å². The van der Waals surface area contributed by atoms with Crippen LogP contribution in [0.5, 0.6) is 0 Å². The molecule has 0 amide bonds. The fourth-order valence-electron chi connectivity index (χ4n) is 4.08. The van der Waals surface area contributed by atoms with Gasteiger partial charge in [0.25, 0.3) is 0 Å². The molecule has 9 nitrogen and oxygen atoms in total. The second-order valence-corrected chi connectivity index (χ2v) is 9.00. The van der Waals surface area contributed by atoms with Crippen LogP contribution in [0.4, 0.5) is 11.9 Å². The molecule has 0 unspecified atom stereocenters. The Morgan fingerprint density at radius 1 is 1.16 bits per heavy atom. The molecule has 0 atom stereocenters. The van der Waals surface area contributed by atoms with Crippen LogP contribution in [0.2, 0.25) is 0 Å². The largest absolute Gasteiger partial charge is 0.347 e. The van der Waals surface area contributed by atoms with Gasteiger partial charge in [-0.3, -0.25) is 0 Å². The summed E-state index contributed by atoms with van der Waals surface area (Å²) in [6.07, 6.45) is 1.75. The third-order valence-electron chi connectivity index (χ3n) is 5.55. The first kappa shape index (κ1) is 20.2. The van der Waals surface area contributed by atoms with Gasteiger partial charge in [0.2, 0.25) is 11.9 Å². The van der Waals surface area contributed by atoms with E-state index in [9.17, 15) is 0 Å². The highest BCUT2D eigenvalue weighted by Crippen LogP contribution is 2.25. The van der Waals surface area contributed by atoms with E-state index in [0.29, 0.717) is 24.5 Å². The van der Waals surface area contributed by atoms with Gasteiger partial charge in [-0.15, -0.1) is 0 Å². The Balaban J connectivity index is 1.51. The number of aromatic nitrogens is 6. The lowest BCUT2D eigenvalue weighted by atomic mass is 10.2. The van der Waals surface area contributed by atoms with Gasteiger partial charge in [-0.25, -0.2) is 4.98 Å². The van der Waals surface area contributed by atoms with E-state index in [-0.39, 0.29) is 0 Å². The zero-order chi connectivity index (χ0) is 21.5. The summed E-state index contributed by atoms with van der Waals surface area (Å²) in [5, 5.41) is 11.3. The maximum Gasteiger partial charge on any atom is 0.230 e. The van der Waals surface area contributed by atoms with Crippen molar-refractivity contribution >= 4 is 44.5 Å². The van der Waals surface area contributed by atoms with Gasteiger partial charge in [-0.2, -0.15) is 19.6 Å². The van der Waals surface area contributed by atoms with Crippen LogP contribution in [-0.4, -0.2) is 55.3 Å². The third-order valence-corrected chi connectivity index (χ3v) is 6.11. The zero-order valence-corrected chi connectivity index (χ0v) is 19.5. The lowest BCUT2D eigenvalue weighted by molar-refractivity contribution is 0.578. The second-order valence-electron chi connectivity index (χ2n) is 8.15. The Hall–Kier alpha value is -2.72. The number of aryl methyl sites for hydroxylation is 1. The number of piperazine rings is 1. The monoisotopic (exact) mass is 483 g/mol. The molecule has 10 heteroatoms. The summed E-state index contributed by atoms with van der Waals surface area (Å²) in [5.41, 5.74) is 4.12. The minimum Gasteiger partial charge on any atom is -0.347 e. The number of nitrogens with one attached hydrogen (secondary N) is 2. The van der Waals surface area contributed by atoms with Crippen molar-refractivity contribution < 1.29 is 0 Å². The van der Waals surface area contributed by atoms with Gasteiger partial charge in [0.15, 0.2) is 5.65 Å². The van der Waals surface area contributed by atoms with E-state index in [2.05, 4.69) is 80.1 Å². The van der Waals surface area contributed by atoms with E-state index < -0.39 is 0 Å². The summed E-state index contributed by atoms with van der Waals surface area (Å²) >= 11 is 3.57. The Bertz CT molecular complexity index is 1240. The second kappa shape index (κ2) is 8.08. The van der Waals surface area contributed by atoms with Crippen molar-refractivity contribution in [3.63, 3.8) is 0 Å². The van der Waals surface area contributed by atoms with Crippen LogP contribution in [0.15, 0.2) is 28.9 Å². The zero-order valence-electron chi connectivity index (χ0n) is 17.9. The number of fused-ring (bicyclic) bond motifs is 2. The Kier molecular flexibility index (Phi) is 5.27. The van der Waals surface area contributed by atoms with Crippen LogP contribution >= 0.6 is 15.9 Å². The average Bonchev–Trinajstić information content (AvgIpc) is 3.32. The smallest absolute Gasteiger partial charge is 0.230 e. The maximum atomic E-state index is 4.91. The fraction of sp³-hybridized carbons (Fsp3) is 0.429. The van der Waals surface area contributed by atoms with Gasteiger partial charge >= 0.3 is 0 Å². The van der Waals surface area contributed by atoms with Gasteiger partial charge in [-0.1, -0.05) is 6.07 Å². The van der Waals surface area contributed by atoms with Gasteiger partial charge < -0.3 is 20.1 Å². The molecule has 31 heavy (non-hydrogen) atoms. The molecule has 0 radical (unpaired) electrons. The number of hydrogen-bond acceptors (Lipinski definition) is 7. The number of benzene rings is 1. The lowest BCUT2D eigenvalue weighted by Crippen LogP contribution is -2.44. The summed E-state index contributed by atoms with van der Waals surface area (Å²) in [5.74, 6) is 2.34. The van der Waals surface area contributed by atoms with E-state index in [0.717, 1.165) is 53.2 Å². The van der Waals surface area contributed by atoms with Crippen LogP contribution in [0.3, 0.4) is 0 Å². The minimum absolute atomic E-state index is 0.296. The molecule has 4 aromatic rings. The fourth-order valence-corrected chi connectivity index (χ4v) is 4.43. The molecule has 0 spiro atoms. The number of hydrogen-bond donors (Lipinski definition) is 2. The molecular weight excluding hydrogens is 458 g/mol. The van der Waals surface area contributed by atoms with Crippen molar-refractivity contribution in [2.75, 3.05) is 36.4 Å². The van der Waals surface area contributed by atoms with Crippen molar-refractivity contribution in [1.29, 1.82) is 0 Å². The summed E-state index contributed by atoms with van der Waals surface area (Å²) in [4.78, 5) is 16.7. The molecular formula is C21H26BrN9. The highest BCUT2D eigenvalue weighted by Gasteiger charge is 2.19. The van der Waals surface area contributed by atoms with Gasteiger partial charge in [0, 0.05) is 32.2 Å². The molecule has 0 aliphatic carbocycles. The Morgan fingerprint density at radius 3 is 2.74 bits per heavy atom. The summed E-state index contributed by atoms with van der Waals surface area (Å²) in [7, 11) is 0. The first-order valence-electron chi connectivity index (χ1n) is 10.6. The van der Waals surface area contributed by atoms with Crippen molar-refractivity contribution in [1.82, 2.24) is 34.4 Å². The van der Waals surface area contributed by atoms with Crippen LogP contribution in [0.25, 0.3) is 16.7 Å². The predicted octanol–water partition coefficient (Wildman–Crippen LogP) is 3.15. The normalized spacial score (nSPS) is 14.8. The maximum absolute atomic E-state index is 4.91. The van der Waals surface area contributed by atoms with Gasteiger partial charge in [-0.05, 0) is 54.4 Å². The molecule has 0 bridgehead atoms. The van der Waals surface area contributed by atoms with Crippen molar-refractivity contribution in [3.8, 4) is 0 Å². The number of rotatable bonds is 5. The lowest BCUT2D eigenvalue weighted by Gasteiger charge is -2.27. The quantitative estimate of drug-likeness (QED) is 0.450. The van der Waals surface area contributed by atoms with E-state index in [1.54, 1.807) is 10.7 Å². The van der Waals surface area contributed by atoms with Crippen LogP contribution < -0.4 is 15.5 Å². The van der Waals surface area contributed by atoms with E-state index >= 15 is 0 Å². The molecule has 1 aromatic carbocycles. The highest BCUT2D eigenvalue weighted by atomic mass is 79.9. The van der Waals surface area contributed by atoms with Crippen molar-refractivity contribution in [3.05, 3.63) is 40.3 Å². The van der Waals surface area contributed by atoms with E-state index in [1.807, 2.05) is 0 Å². The molecule has 4 heterocycles. The average molecular weight is 484 g/mol. The first-order chi connectivity index (χ1) is 15.0. The predicted molar refractivity (Wildman–Crippen MR) is 126 cm³/mol. The molecule has 1 fully saturated rings. The molecule has 0 saturated carbocycles. The molecule has 3 aromatic heterocycles. The Morgan fingerprint density at radius 2 is 1.97 bits per heavy atom. The summed E-state index contributed by atoms with van der Waals surface area (Å²) in [6.45, 7) is 10.6. The molecule has 162 valence electrons. The van der Waals surface area contributed by atoms with E-state index in [4.69, 9.17) is 15.0 Å². The summed E-state index contributed by atoms with van der Waals surface area (Å²) < 4.78 is 4.86. The minimum atomic E-state index is 0.296. The number of halogens is 1. The summed E-state index contributed by atoms with van der Waals surface area (Å²) in [6, 6.07) is 6.71.